The van der Waals surface area contributed by atoms with E-state index in [1.807, 2.05) is 12.4 Å². The van der Waals surface area contributed by atoms with Crippen molar-refractivity contribution < 1.29 is 0 Å². The Labute approximate surface area is 151 Å². The topological polar surface area (TPSA) is 25.8 Å². The average Bonchev–Trinajstić information content (AvgIpc) is 2.73. The smallest absolute Gasteiger partial charge is 0.0780 e. The number of aromatic nitrogens is 2. The summed E-state index contributed by atoms with van der Waals surface area (Å²) in [4.78, 5) is 9.31. The largest absolute Gasteiger partial charge is 0.256 e. The predicted molar refractivity (Wildman–Crippen MR) is 108 cm³/mol. The van der Waals surface area contributed by atoms with Crippen LogP contribution in [0, 0.1) is 0 Å². The van der Waals surface area contributed by atoms with Gasteiger partial charge in [0.2, 0.25) is 0 Å². The van der Waals surface area contributed by atoms with Crippen LogP contribution in [-0.2, 0) is 0 Å². The quantitative estimate of drug-likeness (QED) is 0.389. The normalized spacial score (nSPS) is 11.1. The zero-order valence-electron chi connectivity index (χ0n) is 14.1. The summed E-state index contributed by atoms with van der Waals surface area (Å²) in [6, 6.07) is 29.3. The first kappa shape index (κ1) is 14.8. The Bertz CT molecular complexity index is 1140. The van der Waals surface area contributed by atoms with E-state index >= 15 is 0 Å². The summed E-state index contributed by atoms with van der Waals surface area (Å²) < 4.78 is 0. The third-order valence-electron chi connectivity index (χ3n) is 4.76. The Balaban J connectivity index is 1.72. The van der Waals surface area contributed by atoms with Gasteiger partial charge in [-0.2, -0.15) is 0 Å². The lowest BCUT2D eigenvalue weighted by Gasteiger charge is -2.09. The van der Waals surface area contributed by atoms with E-state index in [2.05, 4.69) is 94.9 Å². The van der Waals surface area contributed by atoms with Gasteiger partial charge in [0.25, 0.3) is 0 Å². The number of nitrogens with zero attached hydrogens (tertiary/aromatic N) is 2. The fourth-order valence-corrected chi connectivity index (χ4v) is 3.51. The van der Waals surface area contributed by atoms with Gasteiger partial charge in [0.15, 0.2) is 0 Å². The van der Waals surface area contributed by atoms with E-state index in [0.29, 0.717) is 0 Å². The molecule has 2 nitrogen and oxygen atoms in total. The highest BCUT2D eigenvalue weighted by Gasteiger charge is 2.09. The molecule has 0 N–H and O–H groups in total. The molecular formula is C24H16N2. The molecule has 26 heavy (non-hydrogen) atoms. The zero-order chi connectivity index (χ0) is 17.3. The first-order valence-electron chi connectivity index (χ1n) is 8.68. The molecule has 0 bridgehead atoms. The van der Waals surface area contributed by atoms with E-state index in [-0.39, 0.29) is 0 Å². The van der Waals surface area contributed by atoms with Crippen LogP contribution in [0.3, 0.4) is 0 Å². The maximum absolute atomic E-state index is 4.65. The Morgan fingerprint density at radius 2 is 0.962 bits per heavy atom. The van der Waals surface area contributed by atoms with Crippen molar-refractivity contribution in [2.24, 2.45) is 0 Å². The molecule has 0 aliphatic rings. The summed E-state index contributed by atoms with van der Waals surface area (Å²) in [6.07, 6.45) is 3.75. The molecule has 0 spiro atoms. The Morgan fingerprint density at radius 1 is 0.462 bits per heavy atom. The van der Waals surface area contributed by atoms with E-state index in [0.717, 1.165) is 33.3 Å². The molecule has 5 rings (SSSR count). The molecule has 2 heteroatoms. The fourth-order valence-electron chi connectivity index (χ4n) is 3.51. The number of benzene rings is 3. The summed E-state index contributed by atoms with van der Waals surface area (Å²) in [7, 11) is 0. The van der Waals surface area contributed by atoms with Crippen molar-refractivity contribution in [2.45, 2.75) is 0 Å². The molecule has 2 aromatic heterocycles. The highest BCUT2D eigenvalue weighted by Crippen LogP contribution is 2.31. The molecule has 2 heterocycles. The van der Waals surface area contributed by atoms with Gasteiger partial charge in [-0.25, -0.2) is 0 Å². The van der Waals surface area contributed by atoms with Gasteiger partial charge in [-0.05, 0) is 29.0 Å². The van der Waals surface area contributed by atoms with Crippen molar-refractivity contribution in [1.29, 1.82) is 0 Å². The molecule has 0 saturated heterocycles. The number of pyridine rings is 2. The SMILES string of the molecule is c1cc(-c2nccc3ccccc23)cc(-c2nccc3ccccc23)c1. The molecule has 0 aliphatic carbocycles. The van der Waals surface area contributed by atoms with Gasteiger partial charge < -0.3 is 0 Å². The lowest BCUT2D eigenvalue weighted by molar-refractivity contribution is 1.34. The highest BCUT2D eigenvalue weighted by atomic mass is 14.7. The van der Waals surface area contributed by atoms with Crippen molar-refractivity contribution >= 4 is 21.5 Å². The summed E-state index contributed by atoms with van der Waals surface area (Å²) in [5.41, 5.74) is 4.22. The Morgan fingerprint density at radius 3 is 1.50 bits per heavy atom. The second kappa shape index (κ2) is 6.08. The second-order valence-electron chi connectivity index (χ2n) is 6.34. The summed E-state index contributed by atoms with van der Waals surface area (Å²) in [5.74, 6) is 0. The predicted octanol–water partition coefficient (Wildman–Crippen LogP) is 6.12. The van der Waals surface area contributed by atoms with Gasteiger partial charge in [0.05, 0.1) is 11.4 Å². The average molecular weight is 332 g/mol. The molecule has 5 aromatic rings. The molecule has 0 saturated carbocycles. The van der Waals surface area contributed by atoms with Crippen LogP contribution < -0.4 is 0 Å². The van der Waals surface area contributed by atoms with Gasteiger partial charge in [-0.15, -0.1) is 0 Å². The van der Waals surface area contributed by atoms with Crippen LogP contribution in [0.1, 0.15) is 0 Å². The number of fused-ring (bicyclic) bond motifs is 2. The standard InChI is InChI=1S/C24H16N2/c1-3-10-21-17(6-1)12-14-25-23(21)19-8-5-9-20(16-19)24-22-11-4-2-7-18(22)13-15-26-24/h1-16H. The van der Waals surface area contributed by atoms with Crippen molar-refractivity contribution in [3.63, 3.8) is 0 Å². The van der Waals surface area contributed by atoms with E-state index in [1.54, 1.807) is 0 Å². The minimum absolute atomic E-state index is 1.00. The van der Waals surface area contributed by atoms with Gasteiger partial charge in [0, 0.05) is 34.3 Å². The fraction of sp³-hybridized carbons (Fsp3) is 0. The van der Waals surface area contributed by atoms with Gasteiger partial charge in [0.1, 0.15) is 0 Å². The second-order valence-corrected chi connectivity index (χ2v) is 6.34. The molecule has 122 valence electrons. The van der Waals surface area contributed by atoms with E-state index in [9.17, 15) is 0 Å². The van der Waals surface area contributed by atoms with Crippen molar-refractivity contribution in [2.75, 3.05) is 0 Å². The van der Waals surface area contributed by atoms with Crippen molar-refractivity contribution in [3.05, 3.63) is 97.3 Å². The van der Waals surface area contributed by atoms with E-state index < -0.39 is 0 Å². The summed E-state index contributed by atoms with van der Waals surface area (Å²) in [6.45, 7) is 0. The van der Waals surface area contributed by atoms with E-state index in [4.69, 9.17) is 0 Å². The first-order chi connectivity index (χ1) is 12.9. The van der Waals surface area contributed by atoms with Crippen LogP contribution in [0.15, 0.2) is 97.3 Å². The third-order valence-corrected chi connectivity index (χ3v) is 4.76. The van der Waals surface area contributed by atoms with Crippen LogP contribution in [0.5, 0.6) is 0 Å². The molecule has 0 amide bonds. The summed E-state index contributed by atoms with van der Waals surface area (Å²) in [5, 5.41) is 4.73. The van der Waals surface area contributed by atoms with Gasteiger partial charge in [-0.3, -0.25) is 9.97 Å². The monoisotopic (exact) mass is 332 g/mol. The van der Waals surface area contributed by atoms with Gasteiger partial charge in [-0.1, -0.05) is 66.7 Å². The van der Waals surface area contributed by atoms with Crippen LogP contribution in [0.4, 0.5) is 0 Å². The molecule has 0 radical (unpaired) electrons. The van der Waals surface area contributed by atoms with Crippen LogP contribution in [0.2, 0.25) is 0 Å². The number of rotatable bonds is 2. The van der Waals surface area contributed by atoms with Crippen LogP contribution >= 0.6 is 0 Å². The number of hydrogen-bond acceptors (Lipinski definition) is 2. The van der Waals surface area contributed by atoms with Crippen LogP contribution in [-0.4, -0.2) is 9.97 Å². The molecule has 0 atom stereocenters. The lowest BCUT2D eigenvalue weighted by atomic mass is 9.99. The van der Waals surface area contributed by atoms with Crippen molar-refractivity contribution in [3.8, 4) is 22.5 Å². The lowest BCUT2D eigenvalue weighted by Crippen LogP contribution is -1.89. The Hall–Kier alpha value is -3.52. The molecule has 0 aliphatic heterocycles. The third kappa shape index (κ3) is 2.44. The maximum atomic E-state index is 4.65. The Kier molecular flexibility index (Phi) is 3.46. The molecule has 3 aromatic carbocycles. The maximum Gasteiger partial charge on any atom is 0.0780 e. The number of hydrogen-bond donors (Lipinski definition) is 0. The minimum atomic E-state index is 1.00. The van der Waals surface area contributed by atoms with Gasteiger partial charge >= 0.3 is 0 Å². The summed E-state index contributed by atoms with van der Waals surface area (Å²) >= 11 is 0. The van der Waals surface area contributed by atoms with Crippen LogP contribution in [0.25, 0.3) is 44.1 Å². The minimum Gasteiger partial charge on any atom is -0.256 e. The highest BCUT2D eigenvalue weighted by molar-refractivity contribution is 5.97. The van der Waals surface area contributed by atoms with Crippen molar-refractivity contribution in [1.82, 2.24) is 9.97 Å². The molecule has 0 fully saturated rings. The van der Waals surface area contributed by atoms with E-state index in [1.165, 1.54) is 10.8 Å². The molecular weight excluding hydrogens is 316 g/mol. The molecule has 0 unspecified atom stereocenters. The zero-order valence-corrected chi connectivity index (χ0v) is 14.1. The first-order valence-corrected chi connectivity index (χ1v) is 8.68.